The molecule has 1 heteroatoms. The van der Waals surface area contributed by atoms with E-state index in [1.54, 1.807) is 17.7 Å². The Kier molecular flexibility index (Phi) is 3.37. The molecule has 0 radical (unpaired) electrons. The lowest BCUT2D eigenvalue weighted by Gasteiger charge is -2.32. The van der Waals surface area contributed by atoms with Gasteiger partial charge in [0.2, 0.25) is 0 Å². The molecule has 1 saturated carbocycles. The van der Waals surface area contributed by atoms with Crippen molar-refractivity contribution in [2.24, 2.45) is 5.41 Å². The number of rotatable bonds is 3. The van der Waals surface area contributed by atoms with Crippen LogP contribution in [0.15, 0.2) is 59.7 Å². The van der Waals surface area contributed by atoms with Crippen molar-refractivity contribution in [1.29, 1.82) is 0 Å². The maximum Gasteiger partial charge on any atom is 0.123 e. The average molecular weight is 268 g/mol. The highest BCUT2D eigenvalue weighted by Gasteiger charge is 2.36. The molecule has 0 aliphatic heterocycles. The summed E-state index contributed by atoms with van der Waals surface area (Å²) in [7, 11) is 0. The lowest BCUT2D eigenvalue weighted by atomic mass is 9.73. The monoisotopic (exact) mass is 268 g/mol. The molecular weight excluding hydrogens is 247 g/mol. The minimum atomic E-state index is -0.169. The van der Waals surface area contributed by atoms with E-state index in [4.69, 9.17) is 0 Å². The zero-order chi connectivity index (χ0) is 14.2. The molecule has 104 valence electrons. The Morgan fingerprint density at radius 3 is 2.75 bits per heavy atom. The van der Waals surface area contributed by atoms with Crippen LogP contribution in [0.5, 0.6) is 0 Å². The molecule has 0 amide bonds. The molecule has 0 N–H and O–H groups in total. The van der Waals surface area contributed by atoms with Gasteiger partial charge in [-0.05, 0) is 66.4 Å². The minimum Gasteiger partial charge on any atom is -0.207 e. The van der Waals surface area contributed by atoms with Gasteiger partial charge < -0.3 is 0 Å². The third-order valence-electron chi connectivity index (χ3n) is 4.85. The Morgan fingerprint density at radius 2 is 2.05 bits per heavy atom. The van der Waals surface area contributed by atoms with E-state index in [9.17, 15) is 4.39 Å². The molecule has 2 aliphatic carbocycles. The summed E-state index contributed by atoms with van der Waals surface area (Å²) in [6, 6.07) is 6.84. The molecule has 20 heavy (non-hydrogen) atoms. The third kappa shape index (κ3) is 2.37. The van der Waals surface area contributed by atoms with Gasteiger partial charge >= 0.3 is 0 Å². The number of benzene rings is 1. The van der Waals surface area contributed by atoms with Crippen LogP contribution in [0.1, 0.15) is 38.2 Å². The maximum atomic E-state index is 13.0. The summed E-state index contributed by atoms with van der Waals surface area (Å²) in [6.07, 6.45) is 10.2. The quantitative estimate of drug-likeness (QED) is 0.691. The molecule has 2 aliphatic rings. The summed E-state index contributed by atoms with van der Waals surface area (Å²) < 4.78 is 13.0. The number of hydrogen-bond donors (Lipinski definition) is 0. The predicted molar refractivity (Wildman–Crippen MR) is 82.0 cm³/mol. The normalized spacial score (nSPS) is 25.4. The molecule has 1 aromatic rings. The average Bonchev–Trinajstić information content (AvgIpc) is 2.81. The van der Waals surface area contributed by atoms with E-state index in [-0.39, 0.29) is 5.82 Å². The molecule has 0 spiro atoms. The van der Waals surface area contributed by atoms with E-state index in [1.807, 2.05) is 18.2 Å². The van der Waals surface area contributed by atoms with Gasteiger partial charge in [-0.25, -0.2) is 4.39 Å². The summed E-state index contributed by atoms with van der Waals surface area (Å²) in [5, 5.41) is 0. The molecule has 0 saturated heterocycles. The molecule has 3 rings (SSSR count). The summed E-state index contributed by atoms with van der Waals surface area (Å²) >= 11 is 0. The minimum absolute atomic E-state index is 0.169. The van der Waals surface area contributed by atoms with Crippen molar-refractivity contribution in [2.45, 2.75) is 39.0 Å². The van der Waals surface area contributed by atoms with Crippen LogP contribution in [0.4, 0.5) is 4.39 Å². The van der Waals surface area contributed by atoms with Crippen molar-refractivity contribution in [2.75, 3.05) is 0 Å². The van der Waals surface area contributed by atoms with Crippen molar-refractivity contribution in [1.82, 2.24) is 0 Å². The highest BCUT2D eigenvalue weighted by Crippen LogP contribution is 2.50. The topological polar surface area (TPSA) is 0 Å². The Morgan fingerprint density at radius 1 is 1.30 bits per heavy atom. The number of allylic oxidation sites excluding steroid dienone is 5. The Bertz CT molecular complexity index is 589. The Hall–Kier alpha value is -1.63. The van der Waals surface area contributed by atoms with Gasteiger partial charge in [-0.15, -0.1) is 0 Å². The lowest BCUT2D eigenvalue weighted by molar-refractivity contribution is 0.402. The summed E-state index contributed by atoms with van der Waals surface area (Å²) in [4.78, 5) is 0. The van der Waals surface area contributed by atoms with Gasteiger partial charge in [0.1, 0.15) is 5.82 Å². The fourth-order valence-electron chi connectivity index (χ4n) is 3.61. The second kappa shape index (κ2) is 5.05. The molecule has 1 fully saturated rings. The van der Waals surface area contributed by atoms with Crippen molar-refractivity contribution >= 4 is 0 Å². The molecular formula is C19H21F. The van der Waals surface area contributed by atoms with Crippen molar-refractivity contribution in [3.8, 4) is 0 Å². The second-order valence-electron chi connectivity index (χ2n) is 6.32. The van der Waals surface area contributed by atoms with Gasteiger partial charge in [0, 0.05) is 0 Å². The fourth-order valence-corrected chi connectivity index (χ4v) is 3.61. The second-order valence-corrected chi connectivity index (χ2v) is 6.32. The smallest absolute Gasteiger partial charge is 0.123 e. The zero-order valence-corrected chi connectivity index (χ0v) is 12.1. The van der Waals surface area contributed by atoms with Crippen LogP contribution in [0.2, 0.25) is 0 Å². The summed E-state index contributed by atoms with van der Waals surface area (Å²) in [5.41, 5.74) is 5.85. The number of fused-ring (bicyclic) bond motifs is 1. The predicted octanol–water partition coefficient (Wildman–Crippen LogP) is 5.37. The highest BCUT2D eigenvalue weighted by atomic mass is 19.1. The number of halogens is 1. The summed E-state index contributed by atoms with van der Waals surface area (Å²) in [5.74, 6) is -0.169. The van der Waals surface area contributed by atoms with Crippen molar-refractivity contribution in [3.05, 3.63) is 71.1 Å². The SMILES string of the molecule is C=CC1=C(Cc2ccc(F)cc2)C=C2CCCC2(C)C1. The van der Waals surface area contributed by atoms with Crippen LogP contribution in [-0.2, 0) is 6.42 Å². The number of hydrogen-bond acceptors (Lipinski definition) is 0. The third-order valence-corrected chi connectivity index (χ3v) is 4.85. The molecule has 0 aromatic heterocycles. The zero-order valence-electron chi connectivity index (χ0n) is 12.1. The molecule has 1 aromatic carbocycles. The first-order valence-corrected chi connectivity index (χ1v) is 7.41. The first-order valence-electron chi connectivity index (χ1n) is 7.41. The Balaban J connectivity index is 1.91. The standard InChI is InChI=1S/C19H21F/c1-3-15-13-19(2)10-4-5-17(19)12-16(15)11-14-6-8-18(20)9-7-14/h3,6-9,12H,1,4-5,10-11,13H2,2H3. The maximum absolute atomic E-state index is 13.0. The van der Waals surface area contributed by atoms with Crippen LogP contribution in [-0.4, -0.2) is 0 Å². The molecule has 0 nitrogen and oxygen atoms in total. The van der Waals surface area contributed by atoms with Gasteiger partial charge in [-0.1, -0.05) is 43.4 Å². The van der Waals surface area contributed by atoms with Crippen LogP contribution >= 0.6 is 0 Å². The van der Waals surface area contributed by atoms with Crippen molar-refractivity contribution in [3.63, 3.8) is 0 Å². The first kappa shape index (κ1) is 13.4. The van der Waals surface area contributed by atoms with E-state index < -0.39 is 0 Å². The van der Waals surface area contributed by atoms with Crippen LogP contribution < -0.4 is 0 Å². The first-order chi connectivity index (χ1) is 9.60. The van der Waals surface area contributed by atoms with Gasteiger partial charge in [-0.2, -0.15) is 0 Å². The van der Waals surface area contributed by atoms with E-state index in [1.165, 1.54) is 36.0 Å². The fraction of sp³-hybridized carbons (Fsp3) is 0.368. The largest absolute Gasteiger partial charge is 0.207 e. The van der Waals surface area contributed by atoms with Crippen molar-refractivity contribution < 1.29 is 4.39 Å². The van der Waals surface area contributed by atoms with E-state index in [2.05, 4.69) is 19.6 Å². The van der Waals surface area contributed by atoms with Gasteiger partial charge in [-0.3, -0.25) is 0 Å². The van der Waals surface area contributed by atoms with Crippen LogP contribution in [0.25, 0.3) is 0 Å². The highest BCUT2D eigenvalue weighted by molar-refractivity contribution is 5.45. The van der Waals surface area contributed by atoms with Gasteiger partial charge in [0.25, 0.3) is 0 Å². The molecule has 1 atom stereocenters. The molecule has 0 bridgehead atoms. The molecule has 0 heterocycles. The van der Waals surface area contributed by atoms with E-state index in [0.29, 0.717) is 5.41 Å². The van der Waals surface area contributed by atoms with Crippen LogP contribution in [0.3, 0.4) is 0 Å². The molecule has 1 unspecified atom stereocenters. The van der Waals surface area contributed by atoms with Gasteiger partial charge in [0.05, 0.1) is 0 Å². The Labute approximate surface area is 120 Å². The summed E-state index contributed by atoms with van der Waals surface area (Å²) in [6.45, 7) is 6.37. The van der Waals surface area contributed by atoms with Crippen LogP contribution in [0, 0.1) is 11.2 Å². The van der Waals surface area contributed by atoms with E-state index >= 15 is 0 Å². The van der Waals surface area contributed by atoms with E-state index in [0.717, 1.165) is 12.8 Å². The lowest BCUT2D eigenvalue weighted by Crippen LogP contribution is -2.19. The van der Waals surface area contributed by atoms with Gasteiger partial charge in [0.15, 0.2) is 0 Å².